The van der Waals surface area contributed by atoms with Crippen molar-refractivity contribution in [2.24, 2.45) is 5.73 Å². The average Bonchev–Trinajstić information content (AvgIpc) is 2.87. The van der Waals surface area contributed by atoms with Crippen LogP contribution in [0, 0.1) is 5.82 Å². The third kappa shape index (κ3) is 2.56. The average molecular weight is 258 g/mol. The molecule has 2 aromatic rings. The van der Waals surface area contributed by atoms with Gasteiger partial charge in [-0.2, -0.15) is 0 Å². The van der Waals surface area contributed by atoms with Crippen molar-refractivity contribution in [3.63, 3.8) is 0 Å². The number of hydrogen-bond donors (Lipinski definition) is 1. The second kappa shape index (κ2) is 4.93. The van der Waals surface area contributed by atoms with Gasteiger partial charge in [-0.1, -0.05) is 0 Å². The van der Waals surface area contributed by atoms with Gasteiger partial charge in [0.2, 0.25) is 0 Å². The molecule has 19 heavy (non-hydrogen) atoms. The number of nitrogens with two attached hydrogens (primary N) is 1. The Hall–Kier alpha value is -2.01. The molecule has 0 amide bonds. The molecule has 1 aromatic carbocycles. The zero-order chi connectivity index (χ0) is 13.2. The Balaban J connectivity index is 1.80. The highest BCUT2D eigenvalue weighted by Gasteiger charge is 2.20. The Labute approximate surface area is 111 Å². The van der Waals surface area contributed by atoms with E-state index in [1.54, 1.807) is 12.1 Å². The number of anilines is 1. The smallest absolute Gasteiger partial charge is 0.151 e. The second-order valence-corrected chi connectivity index (χ2v) is 4.78. The fourth-order valence-corrected chi connectivity index (χ4v) is 2.26. The van der Waals surface area contributed by atoms with Gasteiger partial charge in [-0.25, -0.2) is 4.39 Å². The highest BCUT2D eigenvalue weighted by molar-refractivity contribution is 5.59. The third-order valence-corrected chi connectivity index (χ3v) is 3.34. The molecule has 98 valence electrons. The minimum atomic E-state index is -0.251. The number of rotatable bonds is 2. The molecular formula is C14H15FN4. The van der Waals surface area contributed by atoms with Crippen LogP contribution in [0.3, 0.4) is 0 Å². The summed E-state index contributed by atoms with van der Waals surface area (Å²) in [5.41, 5.74) is 7.47. The molecule has 2 heterocycles. The van der Waals surface area contributed by atoms with Crippen LogP contribution in [0.5, 0.6) is 0 Å². The van der Waals surface area contributed by atoms with Crippen LogP contribution in [0.25, 0.3) is 11.3 Å². The fraction of sp³-hybridized carbons (Fsp3) is 0.286. The van der Waals surface area contributed by atoms with Gasteiger partial charge in [0.25, 0.3) is 0 Å². The molecule has 1 unspecified atom stereocenters. The summed E-state index contributed by atoms with van der Waals surface area (Å²) in [6.45, 7) is 1.75. The third-order valence-electron chi connectivity index (χ3n) is 3.34. The number of halogens is 1. The molecule has 0 radical (unpaired) electrons. The summed E-state index contributed by atoms with van der Waals surface area (Å²) in [5.74, 6) is 0.596. The van der Waals surface area contributed by atoms with Crippen LogP contribution in [0.15, 0.2) is 36.4 Å². The van der Waals surface area contributed by atoms with E-state index in [9.17, 15) is 4.39 Å². The van der Waals surface area contributed by atoms with Gasteiger partial charge in [0.1, 0.15) is 5.82 Å². The SMILES string of the molecule is NC1CCN(c2ccc(-c3ccc(F)cc3)nn2)C1. The maximum atomic E-state index is 12.9. The number of hydrogen-bond acceptors (Lipinski definition) is 4. The van der Waals surface area contributed by atoms with Crippen molar-refractivity contribution >= 4 is 5.82 Å². The van der Waals surface area contributed by atoms with Crippen molar-refractivity contribution in [2.45, 2.75) is 12.5 Å². The standard InChI is InChI=1S/C14H15FN4/c15-11-3-1-10(2-4-11)13-5-6-14(18-17-13)19-8-7-12(16)9-19/h1-6,12H,7-9,16H2. The van der Waals surface area contributed by atoms with Crippen LogP contribution < -0.4 is 10.6 Å². The summed E-state index contributed by atoms with van der Waals surface area (Å²) in [7, 11) is 0. The van der Waals surface area contributed by atoms with Gasteiger partial charge in [-0.05, 0) is 42.8 Å². The second-order valence-electron chi connectivity index (χ2n) is 4.78. The number of aromatic nitrogens is 2. The molecule has 1 aliphatic rings. The fourth-order valence-electron chi connectivity index (χ4n) is 2.26. The van der Waals surface area contributed by atoms with Crippen LogP contribution in [0.4, 0.5) is 10.2 Å². The highest BCUT2D eigenvalue weighted by atomic mass is 19.1. The normalized spacial score (nSPS) is 18.8. The molecule has 1 saturated heterocycles. The first kappa shape index (κ1) is 12.0. The van der Waals surface area contributed by atoms with Gasteiger partial charge in [-0.3, -0.25) is 0 Å². The molecule has 0 spiro atoms. The molecule has 3 rings (SSSR count). The first-order valence-corrected chi connectivity index (χ1v) is 6.32. The van der Waals surface area contributed by atoms with Crippen molar-refractivity contribution in [1.82, 2.24) is 10.2 Å². The number of benzene rings is 1. The highest BCUT2D eigenvalue weighted by Crippen LogP contribution is 2.20. The Morgan fingerprint density at radius 1 is 1.11 bits per heavy atom. The van der Waals surface area contributed by atoms with Crippen LogP contribution in [0.2, 0.25) is 0 Å². The Kier molecular flexibility index (Phi) is 3.13. The Morgan fingerprint density at radius 3 is 2.47 bits per heavy atom. The molecule has 1 aromatic heterocycles. The van der Waals surface area contributed by atoms with Crippen molar-refractivity contribution in [1.29, 1.82) is 0 Å². The summed E-state index contributed by atoms with van der Waals surface area (Å²) in [6.07, 6.45) is 0.987. The van der Waals surface area contributed by atoms with Gasteiger partial charge >= 0.3 is 0 Å². The van der Waals surface area contributed by atoms with E-state index in [4.69, 9.17) is 5.73 Å². The van der Waals surface area contributed by atoms with Crippen LogP contribution in [-0.4, -0.2) is 29.3 Å². The van der Waals surface area contributed by atoms with Crippen molar-refractivity contribution in [3.05, 3.63) is 42.2 Å². The molecule has 0 bridgehead atoms. The van der Waals surface area contributed by atoms with Gasteiger partial charge in [-0.15, -0.1) is 10.2 Å². The monoisotopic (exact) mass is 258 g/mol. The minimum absolute atomic E-state index is 0.221. The van der Waals surface area contributed by atoms with Crippen molar-refractivity contribution < 1.29 is 4.39 Å². The maximum Gasteiger partial charge on any atom is 0.151 e. The van der Waals surface area contributed by atoms with Crippen molar-refractivity contribution in [3.8, 4) is 11.3 Å². The van der Waals surface area contributed by atoms with Crippen molar-refractivity contribution in [2.75, 3.05) is 18.0 Å². The van der Waals surface area contributed by atoms with Gasteiger partial charge in [0.15, 0.2) is 5.82 Å². The molecular weight excluding hydrogens is 243 g/mol. The topological polar surface area (TPSA) is 55.0 Å². The van der Waals surface area contributed by atoms with E-state index in [0.717, 1.165) is 36.6 Å². The maximum absolute atomic E-state index is 12.9. The van der Waals surface area contributed by atoms with E-state index in [0.29, 0.717) is 0 Å². The van der Waals surface area contributed by atoms with Gasteiger partial charge < -0.3 is 10.6 Å². The van der Waals surface area contributed by atoms with E-state index >= 15 is 0 Å². The van der Waals surface area contributed by atoms with E-state index in [2.05, 4.69) is 15.1 Å². The quantitative estimate of drug-likeness (QED) is 0.892. The Bertz CT molecular complexity index is 553. The van der Waals surface area contributed by atoms with Gasteiger partial charge in [0.05, 0.1) is 5.69 Å². The molecule has 0 saturated carbocycles. The number of nitrogens with zero attached hydrogens (tertiary/aromatic N) is 3. The zero-order valence-corrected chi connectivity index (χ0v) is 10.5. The predicted molar refractivity (Wildman–Crippen MR) is 72.2 cm³/mol. The molecule has 1 aliphatic heterocycles. The molecule has 0 aliphatic carbocycles. The van der Waals surface area contributed by atoms with Crippen LogP contribution in [-0.2, 0) is 0 Å². The lowest BCUT2D eigenvalue weighted by Crippen LogP contribution is -2.27. The summed E-state index contributed by atoms with van der Waals surface area (Å²) < 4.78 is 12.9. The largest absolute Gasteiger partial charge is 0.354 e. The van der Waals surface area contributed by atoms with Gasteiger partial charge in [0, 0.05) is 24.7 Å². The lowest BCUT2D eigenvalue weighted by atomic mass is 10.1. The first-order valence-electron chi connectivity index (χ1n) is 6.32. The van der Waals surface area contributed by atoms with Crippen LogP contribution in [0.1, 0.15) is 6.42 Å². The van der Waals surface area contributed by atoms with E-state index in [1.807, 2.05) is 12.1 Å². The zero-order valence-electron chi connectivity index (χ0n) is 10.5. The van der Waals surface area contributed by atoms with E-state index < -0.39 is 0 Å². The summed E-state index contributed by atoms with van der Waals surface area (Å²) in [5, 5.41) is 8.41. The van der Waals surface area contributed by atoms with E-state index in [-0.39, 0.29) is 11.9 Å². The summed E-state index contributed by atoms with van der Waals surface area (Å²) in [6, 6.07) is 10.3. The molecule has 4 nitrogen and oxygen atoms in total. The molecule has 5 heteroatoms. The Morgan fingerprint density at radius 2 is 1.89 bits per heavy atom. The molecule has 2 N–H and O–H groups in total. The van der Waals surface area contributed by atoms with Crippen LogP contribution >= 0.6 is 0 Å². The molecule has 1 atom stereocenters. The lowest BCUT2D eigenvalue weighted by molar-refractivity contribution is 0.628. The summed E-state index contributed by atoms with van der Waals surface area (Å²) in [4.78, 5) is 2.13. The predicted octanol–water partition coefficient (Wildman–Crippen LogP) is 1.82. The lowest BCUT2D eigenvalue weighted by Gasteiger charge is -2.15. The minimum Gasteiger partial charge on any atom is -0.354 e. The first-order chi connectivity index (χ1) is 9.22. The van der Waals surface area contributed by atoms with E-state index in [1.165, 1.54) is 12.1 Å². The summed E-state index contributed by atoms with van der Waals surface area (Å²) >= 11 is 0. The molecule has 1 fully saturated rings.